The fraction of sp³-hybridized carbons (Fsp3) is 0.357. The average Bonchev–Trinajstić information content (AvgIpc) is 2.95. The summed E-state index contributed by atoms with van der Waals surface area (Å²) in [5.41, 5.74) is 2.26. The summed E-state index contributed by atoms with van der Waals surface area (Å²) in [5.74, 6) is 0.537. The van der Waals surface area contributed by atoms with Crippen LogP contribution in [0.15, 0.2) is 30.6 Å². The van der Waals surface area contributed by atoms with Crippen molar-refractivity contribution in [1.82, 2.24) is 20.1 Å². The van der Waals surface area contributed by atoms with Crippen LogP contribution in [0, 0.1) is 5.92 Å². The molecule has 3 rings (SSSR count). The van der Waals surface area contributed by atoms with E-state index in [9.17, 15) is 4.79 Å². The van der Waals surface area contributed by atoms with Gasteiger partial charge < -0.3 is 5.32 Å². The third-order valence-electron chi connectivity index (χ3n) is 3.50. The van der Waals surface area contributed by atoms with Gasteiger partial charge in [-0.15, -0.1) is 0 Å². The van der Waals surface area contributed by atoms with Crippen molar-refractivity contribution < 1.29 is 4.79 Å². The molecule has 0 saturated heterocycles. The normalized spacial score (nSPS) is 21.2. The number of nitrogens with zero attached hydrogens (tertiary/aromatic N) is 3. The van der Waals surface area contributed by atoms with Gasteiger partial charge in [0.05, 0.1) is 5.69 Å². The van der Waals surface area contributed by atoms with Gasteiger partial charge in [-0.2, -0.15) is 5.10 Å². The molecular weight excluding hydrogens is 240 g/mol. The van der Waals surface area contributed by atoms with E-state index in [4.69, 9.17) is 0 Å². The lowest BCUT2D eigenvalue weighted by Gasteiger charge is -2.02. The number of carbonyl (C=O) groups excluding carboxylic acids is 1. The minimum absolute atomic E-state index is 0.0560. The highest BCUT2D eigenvalue weighted by molar-refractivity contribution is 5.94. The molecule has 19 heavy (non-hydrogen) atoms. The molecule has 1 N–H and O–H groups in total. The van der Waals surface area contributed by atoms with Gasteiger partial charge in [0, 0.05) is 31.0 Å². The summed E-state index contributed by atoms with van der Waals surface area (Å²) in [7, 11) is 1.78. The van der Waals surface area contributed by atoms with Crippen LogP contribution in [0.2, 0.25) is 0 Å². The lowest BCUT2D eigenvalue weighted by molar-refractivity contribution is 0.0940. The minimum Gasteiger partial charge on any atom is -0.348 e. The van der Waals surface area contributed by atoms with Gasteiger partial charge in [-0.3, -0.25) is 14.5 Å². The van der Waals surface area contributed by atoms with Crippen LogP contribution >= 0.6 is 0 Å². The number of carbonyl (C=O) groups is 1. The first-order valence-electron chi connectivity index (χ1n) is 6.40. The van der Waals surface area contributed by atoms with Crippen molar-refractivity contribution in [2.24, 2.45) is 13.0 Å². The predicted octanol–water partition coefficient (Wildman–Crippen LogP) is 1.62. The molecule has 2 aromatic rings. The van der Waals surface area contributed by atoms with Crippen LogP contribution in [0.4, 0.5) is 0 Å². The maximum Gasteiger partial charge on any atom is 0.269 e. The maximum absolute atomic E-state index is 12.1. The fourth-order valence-corrected chi connectivity index (χ4v) is 2.10. The van der Waals surface area contributed by atoms with E-state index in [-0.39, 0.29) is 5.91 Å². The number of amides is 1. The lowest BCUT2D eigenvalue weighted by Crippen LogP contribution is -2.28. The Morgan fingerprint density at radius 3 is 2.95 bits per heavy atom. The molecule has 1 aliphatic rings. The summed E-state index contributed by atoms with van der Waals surface area (Å²) < 4.78 is 1.62. The van der Waals surface area contributed by atoms with E-state index in [2.05, 4.69) is 22.3 Å². The Labute approximate surface area is 111 Å². The van der Waals surface area contributed by atoms with Crippen molar-refractivity contribution >= 4 is 5.91 Å². The largest absolute Gasteiger partial charge is 0.348 e. The highest BCUT2D eigenvalue weighted by Crippen LogP contribution is 2.29. The smallest absolute Gasteiger partial charge is 0.269 e. The average molecular weight is 256 g/mol. The molecule has 5 heteroatoms. The molecule has 2 aromatic heterocycles. The van der Waals surface area contributed by atoms with Crippen LogP contribution in [0.25, 0.3) is 11.3 Å². The molecule has 1 fully saturated rings. The fourth-order valence-electron chi connectivity index (χ4n) is 2.10. The second-order valence-electron chi connectivity index (χ2n) is 5.07. The quantitative estimate of drug-likeness (QED) is 0.907. The summed E-state index contributed by atoms with van der Waals surface area (Å²) in [4.78, 5) is 16.2. The summed E-state index contributed by atoms with van der Waals surface area (Å²) in [6.07, 6.45) is 4.53. The van der Waals surface area contributed by atoms with Gasteiger partial charge in [-0.1, -0.05) is 6.92 Å². The van der Waals surface area contributed by atoms with Crippen molar-refractivity contribution in [1.29, 1.82) is 0 Å². The van der Waals surface area contributed by atoms with Crippen molar-refractivity contribution in [3.8, 4) is 11.3 Å². The van der Waals surface area contributed by atoms with Gasteiger partial charge in [-0.25, -0.2) is 0 Å². The Balaban J connectivity index is 1.83. The molecule has 0 unspecified atom stereocenters. The van der Waals surface area contributed by atoms with Gasteiger partial charge >= 0.3 is 0 Å². The maximum atomic E-state index is 12.1. The van der Waals surface area contributed by atoms with Crippen LogP contribution in [-0.2, 0) is 7.05 Å². The van der Waals surface area contributed by atoms with Crippen LogP contribution in [0.1, 0.15) is 23.8 Å². The Morgan fingerprint density at radius 2 is 2.32 bits per heavy atom. The molecule has 1 saturated carbocycles. The highest BCUT2D eigenvalue weighted by Gasteiger charge is 2.34. The van der Waals surface area contributed by atoms with Crippen LogP contribution < -0.4 is 5.32 Å². The zero-order valence-electron chi connectivity index (χ0n) is 11.0. The summed E-state index contributed by atoms with van der Waals surface area (Å²) in [6.45, 7) is 2.13. The van der Waals surface area contributed by atoms with E-state index in [0.29, 0.717) is 17.7 Å². The first-order valence-corrected chi connectivity index (χ1v) is 6.40. The van der Waals surface area contributed by atoms with E-state index in [0.717, 1.165) is 17.7 Å². The Morgan fingerprint density at radius 1 is 1.53 bits per heavy atom. The molecule has 2 heterocycles. The Hall–Kier alpha value is -2.17. The number of hydrogen-bond donors (Lipinski definition) is 1. The van der Waals surface area contributed by atoms with Gasteiger partial charge in [0.1, 0.15) is 5.69 Å². The predicted molar refractivity (Wildman–Crippen MR) is 71.5 cm³/mol. The Bertz CT molecular complexity index is 605. The standard InChI is InChI=1S/C14H16N4O/c1-9-6-11(9)16-14(19)13-7-12(17-18(13)2)10-4-3-5-15-8-10/h3-5,7-9,11H,6H2,1-2H3,(H,16,19)/t9-,11-/m1/s1. The monoisotopic (exact) mass is 256 g/mol. The van der Waals surface area contributed by atoms with E-state index >= 15 is 0 Å². The zero-order chi connectivity index (χ0) is 13.4. The van der Waals surface area contributed by atoms with Crippen LogP contribution in [0.3, 0.4) is 0 Å². The number of aryl methyl sites for hydroxylation is 1. The second-order valence-corrected chi connectivity index (χ2v) is 5.07. The number of aromatic nitrogens is 3. The first kappa shape index (κ1) is 11.9. The zero-order valence-corrected chi connectivity index (χ0v) is 11.0. The van der Waals surface area contributed by atoms with Crippen molar-refractivity contribution in [2.45, 2.75) is 19.4 Å². The third-order valence-corrected chi connectivity index (χ3v) is 3.50. The number of nitrogens with one attached hydrogen (secondary N) is 1. The minimum atomic E-state index is -0.0560. The van der Waals surface area contributed by atoms with Crippen LogP contribution in [-0.4, -0.2) is 26.7 Å². The summed E-state index contributed by atoms with van der Waals surface area (Å²) in [5, 5.41) is 7.37. The molecule has 98 valence electrons. The van der Waals surface area contributed by atoms with E-state index in [1.54, 1.807) is 30.2 Å². The van der Waals surface area contributed by atoms with Crippen molar-refractivity contribution in [3.05, 3.63) is 36.3 Å². The van der Waals surface area contributed by atoms with Gasteiger partial charge in [0.25, 0.3) is 5.91 Å². The molecule has 2 atom stereocenters. The summed E-state index contributed by atoms with van der Waals surface area (Å²) >= 11 is 0. The van der Waals surface area contributed by atoms with Crippen LogP contribution in [0.5, 0.6) is 0 Å². The number of pyridine rings is 1. The molecule has 0 bridgehead atoms. The van der Waals surface area contributed by atoms with Crippen molar-refractivity contribution in [3.63, 3.8) is 0 Å². The number of rotatable bonds is 3. The van der Waals surface area contributed by atoms with Crippen molar-refractivity contribution in [2.75, 3.05) is 0 Å². The van der Waals surface area contributed by atoms with E-state index < -0.39 is 0 Å². The Kier molecular flexibility index (Phi) is 2.81. The molecule has 0 aromatic carbocycles. The SMILES string of the molecule is C[C@@H]1C[C@H]1NC(=O)c1cc(-c2cccnc2)nn1C. The van der Waals surface area contributed by atoms with Gasteiger partial charge in [0.15, 0.2) is 0 Å². The van der Waals surface area contributed by atoms with E-state index in [1.165, 1.54) is 0 Å². The number of hydrogen-bond acceptors (Lipinski definition) is 3. The van der Waals surface area contributed by atoms with E-state index in [1.807, 2.05) is 12.1 Å². The van der Waals surface area contributed by atoms with Gasteiger partial charge in [-0.05, 0) is 30.5 Å². The lowest BCUT2D eigenvalue weighted by atomic mass is 10.2. The summed E-state index contributed by atoms with van der Waals surface area (Å²) in [6, 6.07) is 5.92. The third kappa shape index (κ3) is 2.36. The highest BCUT2D eigenvalue weighted by atomic mass is 16.2. The molecular formula is C14H16N4O. The molecule has 1 amide bonds. The molecule has 0 radical (unpaired) electrons. The first-order chi connectivity index (χ1) is 9.15. The molecule has 1 aliphatic carbocycles. The topological polar surface area (TPSA) is 59.8 Å². The molecule has 0 spiro atoms. The molecule has 0 aliphatic heterocycles. The second kappa shape index (κ2) is 4.50. The molecule has 5 nitrogen and oxygen atoms in total. The van der Waals surface area contributed by atoms with Gasteiger partial charge in [0.2, 0.25) is 0 Å².